The monoisotopic (exact) mass is 291 g/mol. The first-order chi connectivity index (χ1) is 9.09. The molecule has 0 spiro atoms. The van der Waals surface area contributed by atoms with E-state index in [1.54, 1.807) is 42.5 Å². The van der Waals surface area contributed by atoms with Crippen LogP contribution in [0.15, 0.2) is 42.5 Å². The van der Waals surface area contributed by atoms with E-state index in [9.17, 15) is 10.0 Å². The smallest absolute Gasteiger partial charge is 0.273 e. The number of carbonyl (C=O) groups is 1. The van der Waals surface area contributed by atoms with Gasteiger partial charge >= 0.3 is 0 Å². The summed E-state index contributed by atoms with van der Waals surface area (Å²) in [4.78, 5) is 12.3. The van der Waals surface area contributed by atoms with Gasteiger partial charge in [-0.05, 0) is 30.3 Å². The van der Waals surface area contributed by atoms with Gasteiger partial charge in [-0.1, -0.05) is 29.3 Å². The van der Waals surface area contributed by atoms with Gasteiger partial charge in [-0.25, -0.2) is 0 Å². The van der Waals surface area contributed by atoms with Gasteiger partial charge in [0.15, 0.2) is 0 Å². The van der Waals surface area contributed by atoms with Crippen LogP contribution in [0.1, 0.15) is 15.9 Å². The minimum Gasteiger partial charge on any atom is -0.618 e. The number of fused-ring (bicyclic) bond motifs is 1. The number of hydrogen-bond acceptors (Lipinski definition) is 2. The number of halogens is 2. The minimum absolute atomic E-state index is 0.0692. The summed E-state index contributed by atoms with van der Waals surface area (Å²) < 4.78 is 0.618. The first-order valence-corrected chi connectivity index (χ1v) is 6.28. The molecule has 0 amide bonds. The van der Waals surface area contributed by atoms with Crippen molar-refractivity contribution in [1.82, 2.24) is 0 Å². The molecule has 1 heterocycles. The van der Waals surface area contributed by atoms with Crippen molar-refractivity contribution in [2.45, 2.75) is 0 Å². The second kappa shape index (κ2) is 4.37. The summed E-state index contributed by atoms with van der Waals surface area (Å²) in [5.74, 6) is -0.363. The molecule has 0 bridgehead atoms. The zero-order valence-electron chi connectivity index (χ0n) is 9.56. The Morgan fingerprint density at radius 3 is 2.32 bits per heavy atom. The molecule has 2 aromatic rings. The zero-order valence-corrected chi connectivity index (χ0v) is 11.1. The summed E-state index contributed by atoms with van der Waals surface area (Å²) >= 11 is 11.8. The van der Waals surface area contributed by atoms with E-state index in [1.807, 2.05) is 0 Å². The third-order valence-corrected chi connectivity index (χ3v) is 3.54. The number of hydrogen-bond donors (Lipinski definition) is 0. The van der Waals surface area contributed by atoms with Crippen LogP contribution in [0, 0.1) is 5.21 Å². The highest BCUT2D eigenvalue weighted by Crippen LogP contribution is 2.33. The molecule has 94 valence electrons. The van der Waals surface area contributed by atoms with Crippen molar-refractivity contribution in [1.29, 1.82) is 0 Å². The van der Waals surface area contributed by atoms with E-state index in [-0.39, 0.29) is 27.8 Å². The lowest BCUT2D eigenvalue weighted by Gasteiger charge is -2.01. The molecule has 3 nitrogen and oxygen atoms in total. The third-order valence-electron chi connectivity index (χ3n) is 2.97. The van der Waals surface area contributed by atoms with Crippen molar-refractivity contribution >= 4 is 40.4 Å². The highest BCUT2D eigenvalue weighted by molar-refractivity contribution is 6.54. The van der Waals surface area contributed by atoms with E-state index in [0.717, 1.165) is 0 Å². The van der Waals surface area contributed by atoms with Crippen LogP contribution < -0.4 is 0 Å². The Hall–Kier alpha value is -1.84. The van der Waals surface area contributed by atoms with Crippen molar-refractivity contribution in [2.75, 3.05) is 0 Å². The van der Waals surface area contributed by atoms with Gasteiger partial charge in [0.25, 0.3) is 11.5 Å². The molecule has 0 radical (unpaired) electrons. The van der Waals surface area contributed by atoms with Gasteiger partial charge in [0, 0.05) is 11.1 Å². The lowest BCUT2D eigenvalue weighted by molar-refractivity contribution is -0.355. The van der Waals surface area contributed by atoms with Crippen LogP contribution in [0.3, 0.4) is 0 Å². The van der Waals surface area contributed by atoms with E-state index in [2.05, 4.69) is 0 Å². The number of carbonyl (C=O) groups excluding carboxylic acids is 1. The molecule has 0 saturated heterocycles. The molecule has 19 heavy (non-hydrogen) atoms. The fraction of sp³-hybridized carbons (Fsp3) is 0. The Bertz CT molecular complexity index is 721. The van der Waals surface area contributed by atoms with E-state index in [1.165, 1.54) is 0 Å². The molecule has 0 fully saturated rings. The van der Waals surface area contributed by atoms with Gasteiger partial charge in [0.05, 0.1) is 10.6 Å². The number of Topliss-reactive ketones (excluding diaryl/α,β-unsaturated/α-hetero) is 1. The fourth-order valence-corrected chi connectivity index (χ4v) is 2.48. The summed E-state index contributed by atoms with van der Waals surface area (Å²) in [7, 11) is 0. The number of benzene rings is 2. The molecular formula is C14H7Cl2NO2. The molecule has 3 rings (SSSR count). The Kier molecular flexibility index (Phi) is 2.81. The largest absolute Gasteiger partial charge is 0.618 e. The Morgan fingerprint density at radius 1 is 1.00 bits per heavy atom. The predicted molar refractivity (Wildman–Crippen MR) is 74.6 cm³/mol. The van der Waals surface area contributed by atoms with Crippen molar-refractivity contribution in [3.8, 4) is 0 Å². The molecule has 0 aromatic heterocycles. The van der Waals surface area contributed by atoms with Gasteiger partial charge in [-0.15, -0.1) is 0 Å². The van der Waals surface area contributed by atoms with Crippen molar-refractivity contribution in [3.63, 3.8) is 0 Å². The average Bonchev–Trinajstić information content (AvgIpc) is 2.65. The van der Waals surface area contributed by atoms with Crippen molar-refractivity contribution < 1.29 is 9.53 Å². The normalized spacial score (nSPS) is 13.9. The van der Waals surface area contributed by atoms with Crippen molar-refractivity contribution in [3.05, 3.63) is 68.8 Å². The van der Waals surface area contributed by atoms with Gasteiger partial charge in [-0.3, -0.25) is 4.79 Å². The maximum Gasteiger partial charge on any atom is 0.273 e. The quantitative estimate of drug-likeness (QED) is 0.592. The lowest BCUT2D eigenvalue weighted by Crippen LogP contribution is -2.16. The van der Waals surface area contributed by atoms with E-state index >= 15 is 0 Å². The third kappa shape index (κ3) is 1.82. The van der Waals surface area contributed by atoms with Gasteiger partial charge in [-0.2, -0.15) is 4.74 Å². The highest BCUT2D eigenvalue weighted by atomic mass is 35.5. The molecule has 1 aliphatic rings. The zero-order chi connectivity index (χ0) is 13.6. The van der Waals surface area contributed by atoms with Crippen LogP contribution in [0.25, 0.3) is 0 Å². The van der Waals surface area contributed by atoms with Gasteiger partial charge < -0.3 is 5.21 Å². The van der Waals surface area contributed by atoms with Crippen LogP contribution in [0.5, 0.6) is 0 Å². The molecule has 0 saturated carbocycles. The molecule has 2 aromatic carbocycles. The molecule has 0 atom stereocenters. The Labute approximate surface area is 119 Å². The fourth-order valence-electron chi connectivity index (χ4n) is 2.09. The van der Waals surface area contributed by atoms with E-state index in [4.69, 9.17) is 23.2 Å². The predicted octanol–water partition coefficient (Wildman–Crippen LogP) is 3.82. The van der Waals surface area contributed by atoms with E-state index in [0.29, 0.717) is 15.3 Å². The summed E-state index contributed by atoms with van der Waals surface area (Å²) in [5, 5.41) is 13.0. The second-order valence-electron chi connectivity index (χ2n) is 4.11. The Balaban J connectivity index is 2.20. The maximum absolute atomic E-state index is 12.3. The van der Waals surface area contributed by atoms with Crippen LogP contribution in [-0.4, -0.2) is 16.2 Å². The van der Waals surface area contributed by atoms with Crippen LogP contribution in [0.4, 0.5) is 5.69 Å². The topological polar surface area (TPSA) is 43.1 Å². The highest BCUT2D eigenvalue weighted by Gasteiger charge is 2.38. The van der Waals surface area contributed by atoms with Crippen LogP contribution >= 0.6 is 23.2 Å². The molecule has 1 aliphatic heterocycles. The number of rotatable bonds is 1. The lowest BCUT2D eigenvalue weighted by atomic mass is 10.0. The molecule has 0 aliphatic carbocycles. The number of ketones is 1. The Morgan fingerprint density at radius 2 is 1.68 bits per heavy atom. The first-order valence-electron chi connectivity index (χ1n) is 5.53. The van der Waals surface area contributed by atoms with Crippen molar-refractivity contribution in [2.24, 2.45) is 0 Å². The first kappa shape index (κ1) is 12.2. The molecule has 0 N–H and O–H groups in total. The van der Waals surface area contributed by atoms with E-state index < -0.39 is 0 Å². The summed E-state index contributed by atoms with van der Waals surface area (Å²) in [6, 6.07) is 11.4. The molecule has 0 unspecified atom stereocenters. The summed E-state index contributed by atoms with van der Waals surface area (Å²) in [5.41, 5.74) is 1.13. The average molecular weight is 292 g/mol. The standard InChI is InChI=1S/C14H7Cl2NO2/c15-9-6-4-8(5-7-9)13-14(18)12-10(16)2-1-3-11(12)17(13)19/h1-7H. The SMILES string of the molecule is O=C1C(c2ccc(Cl)cc2)=[N+]([O-])c2cccc(Cl)c21. The second-order valence-corrected chi connectivity index (χ2v) is 4.96. The summed E-state index contributed by atoms with van der Waals surface area (Å²) in [6.45, 7) is 0. The number of nitrogens with zero attached hydrogens (tertiary/aromatic N) is 1. The summed E-state index contributed by atoms with van der Waals surface area (Å²) in [6.07, 6.45) is 0. The van der Waals surface area contributed by atoms with Gasteiger partial charge in [0.2, 0.25) is 5.69 Å². The molecular weight excluding hydrogens is 285 g/mol. The maximum atomic E-state index is 12.3. The minimum atomic E-state index is -0.363. The van der Waals surface area contributed by atoms with Gasteiger partial charge in [0.1, 0.15) is 5.56 Å². The van der Waals surface area contributed by atoms with Crippen LogP contribution in [0.2, 0.25) is 10.0 Å². The van der Waals surface area contributed by atoms with Crippen LogP contribution in [-0.2, 0) is 0 Å². The molecule has 5 heteroatoms.